The maximum absolute atomic E-state index is 13.5. The van der Waals surface area contributed by atoms with Gasteiger partial charge in [-0.05, 0) is 57.3 Å². The smallest absolute Gasteiger partial charge is 0.338 e. The van der Waals surface area contributed by atoms with Crippen molar-refractivity contribution >= 4 is 51.0 Å². The lowest BCUT2D eigenvalue weighted by atomic mass is 10.1. The lowest BCUT2D eigenvalue weighted by molar-refractivity contribution is 0.0597. The number of carbonyl (C=O) groups excluding carboxylic acids is 2. The summed E-state index contributed by atoms with van der Waals surface area (Å²) in [7, 11) is 5.22. The number of halogens is 1. The molecule has 0 atom stereocenters. The molecule has 0 bridgehead atoms. The Morgan fingerprint density at radius 2 is 1.73 bits per heavy atom. The predicted octanol–water partition coefficient (Wildman–Crippen LogP) is 4.33. The van der Waals surface area contributed by atoms with Crippen molar-refractivity contribution in [3.05, 3.63) is 58.7 Å². The fourth-order valence-corrected chi connectivity index (χ4v) is 4.21. The number of benzene rings is 2. The van der Waals surface area contributed by atoms with E-state index in [-0.39, 0.29) is 23.9 Å². The predicted molar refractivity (Wildman–Crippen MR) is 124 cm³/mol. The average Bonchev–Trinajstić information content (AvgIpc) is 3.11. The summed E-state index contributed by atoms with van der Waals surface area (Å²) in [4.78, 5) is 34.1. The van der Waals surface area contributed by atoms with Gasteiger partial charge in [-0.15, -0.1) is 12.4 Å². The Kier molecular flexibility index (Phi) is 7.95. The van der Waals surface area contributed by atoms with Crippen molar-refractivity contribution in [1.82, 2.24) is 9.88 Å². The number of aromatic nitrogens is 1. The normalized spacial score (nSPS) is 10.7. The molecular formula is C22H26ClN3O3S. The third-order valence-corrected chi connectivity index (χ3v) is 5.85. The van der Waals surface area contributed by atoms with Crippen LogP contribution in [-0.4, -0.2) is 56.1 Å². The van der Waals surface area contributed by atoms with Crippen molar-refractivity contribution in [3.8, 4) is 0 Å². The first-order valence-corrected chi connectivity index (χ1v) is 10.1. The van der Waals surface area contributed by atoms with Gasteiger partial charge in [0.2, 0.25) is 0 Å². The largest absolute Gasteiger partial charge is 0.465 e. The Hall–Kier alpha value is -2.48. The van der Waals surface area contributed by atoms with Crippen LogP contribution in [0.5, 0.6) is 0 Å². The van der Waals surface area contributed by atoms with E-state index in [1.807, 2.05) is 32.0 Å². The van der Waals surface area contributed by atoms with Gasteiger partial charge in [-0.25, -0.2) is 9.78 Å². The van der Waals surface area contributed by atoms with E-state index in [1.165, 1.54) is 18.4 Å². The Labute approximate surface area is 186 Å². The van der Waals surface area contributed by atoms with Gasteiger partial charge < -0.3 is 9.64 Å². The first-order chi connectivity index (χ1) is 13.8. The molecule has 3 rings (SSSR count). The standard InChI is InChI=1S/C22H25N3O3S.ClH/c1-14-12-15(2)19-18(13-14)23-22(29-19)25(11-10-24(3)4)20(26)16-8-6-7-9-17(16)21(27)28-5;/h6-9,12-13H,10-11H2,1-5H3;1H. The summed E-state index contributed by atoms with van der Waals surface area (Å²) in [5.41, 5.74) is 3.72. The van der Waals surface area contributed by atoms with E-state index in [9.17, 15) is 9.59 Å². The summed E-state index contributed by atoms with van der Waals surface area (Å²) in [5, 5.41) is 0.625. The third-order valence-electron chi connectivity index (χ3n) is 4.62. The van der Waals surface area contributed by atoms with Crippen molar-refractivity contribution in [3.63, 3.8) is 0 Å². The SMILES string of the molecule is COC(=O)c1ccccc1C(=O)N(CCN(C)C)c1nc2cc(C)cc(C)c2s1.Cl. The number of thiazole rings is 1. The number of aryl methyl sites for hydroxylation is 2. The molecule has 0 unspecified atom stereocenters. The lowest BCUT2D eigenvalue weighted by Crippen LogP contribution is -2.37. The van der Waals surface area contributed by atoms with Crippen LogP contribution in [0.4, 0.5) is 5.13 Å². The maximum Gasteiger partial charge on any atom is 0.338 e. The van der Waals surface area contributed by atoms with Crippen LogP contribution >= 0.6 is 23.7 Å². The second-order valence-electron chi connectivity index (χ2n) is 7.22. The van der Waals surface area contributed by atoms with E-state index in [4.69, 9.17) is 9.72 Å². The highest BCUT2D eigenvalue weighted by Gasteiger charge is 2.26. The molecule has 0 N–H and O–H groups in total. The Morgan fingerprint density at radius 3 is 2.37 bits per heavy atom. The number of hydrogen-bond donors (Lipinski definition) is 0. The van der Waals surface area contributed by atoms with Crippen molar-refractivity contribution in [2.75, 3.05) is 39.2 Å². The zero-order valence-electron chi connectivity index (χ0n) is 17.8. The van der Waals surface area contributed by atoms with E-state index in [0.717, 1.165) is 21.3 Å². The van der Waals surface area contributed by atoms with E-state index >= 15 is 0 Å². The first-order valence-electron chi connectivity index (χ1n) is 9.33. The molecular weight excluding hydrogens is 422 g/mol. The highest BCUT2D eigenvalue weighted by molar-refractivity contribution is 7.22. The van der Waals surface area contributed by atoms with E-state index in [2.05, 4.69) is 13.0 Å². The van der Waals surface area contributed by atoms with E-state index < -0.39 is 5.97 Å². The number of amides is 1. The second-order valence-corrected chi connectivity index (χ2v) is 8.20. The van der Waals surface area contributed by atoms with Gasteiger partial charge in [-0.1, -0.05) is 29.5 Å². The summed E-state index contributed by atoms with van der Waals surface area (Å²) in [5.74, 6) is -0.793. The van der Waals surface area contributed by atoms with Crippen molar-refractivity contribution < 1.29 is 14.3 Å². The topological polar surface area (TPSA) is 62.7 Å². The number of rotatable bonds is 6. The molecule has 6 nitrogen and oxygen atoms in total. The molecule has 0 spiro atoms. The molecule has 0 aliphatic carbocycles. The molecule has 1 aromatic heterocycles. The summed E-state index contributed by atoms with van der Waals surface area (Å²) in [6, 6.07) is 10.9. The minimum absolute atomic E-state index is 0. The number of carbonyl (C=O) groups is 2. The molecule has 0 aliphatic heterocycles. The van der Waals surface area contributed by atoms with Gasteiger partial charge in [0.05, 0.1) is 28.5 Å². The fraction of sp³-hybridized carbons (Fsp3) is 0.318. The van der Waals surface area contributed by atoms with E-state index in [0.29, 0.717) is 23.8 Å². The number of hydrogen-bond acceptors (Lipinski definition) is 6. The molecule has 160 valence electrons. The number of nitrogens with zero attached hydrogens (tertiary/aromatic N) is 3. The van der Waals surface area contributed by atoms with Crippen molar-refractivity contribution in [2.24, 2.45) is 0 Å². The van der Waals surface area contributed by atoms with E-state index in [1.54, 1.807) is 29.2 Å². The Balaban J connectivity index is 0.00000320. The molecule has 3 aromatic rings. The molecule has 0 fully saturated rings. The summed E-state index contributed by atoms with van der Waals surface area (Å²) < 4.78 is 5.92. The first kappa shape index (κ1) is 23.8. The number of anilines is 1. The number of likely N-dealkylation sites (N-methyl/N-ethyl adjacent to an activating group) is 1. The molecule has 1 amide bonds. The zero-order chi connectivity index (χ0) is 21.1. The molecule has 2 aromatic carbocycles. The number of methoxy groups -OCH3 is 1. The lowest BCUT2D eigenvalue weighted by Gasteiger charge is -2.22. The van der Waals surface area contributed by atoms with Gasteiger partial charge in [0.15, 0.2) is 5.13 Å². The van der Waals surface area contributed by atoms with Crippen LogP contribution in [0, 0.1) is 13.8 Å². The summed E-state index contributed by atoms with van der Waals surface area (Å²) in [6.45, 7) is 5.21. The minimum atomic E-state index is -0.530. The van der Waals surface area contributed by atoms with Crippen LogP contribution in [-0.2, 0) is 4.74 Å². The van der Waals surface area contributed by atoms with Crippen LogP contribution in [0.25, 0.3) is 10.2 Å². The minimum Gasteiger partial charge on any atom is -0.465 e. The maximum atomic E-state index is 13.5. The number of esters is 1. The molecule has 8 heteroatoms. The Bertz CT molecular complexity index is 1060. The second kappa shape index (κ2) is 10.0. The molecule has 30 heavy (non-hydrogen) atoms. The molecule has 0 aliphatic rings. The van der Waals surface area contributed by atoms with Gasteiger partial charge in [-0.2, -0.15) is 0 Å². The van der Waals surface area contributed by atoms with Crippen LogP contribution < -0.4 is 4.90 Å². The molecule has 0 saturated carbocycles. The average molecular weight is 448 g/mol. The summed E-state index contributed by atoms with van der Waals surface area (Å²) in [6.07, 6.45) is 0. The van der Waals surface area contributed by atoms with Crippen molar-refractivity contribution in [1.29, 1.82) is 0 Å². The van der Waals surface area contributed by atoms with Crippen molar-refractivity contribution in [2.45, 2.75) is 13.8 Å². The Morgan fingerprint density at radius 1 is 1.07 bits per heavy atom. The van der Waals surface area contributed by atoms with Gasteiger partial charge in [0, 0.05) is 13.1 Å². The van der Waals surface area contributed by atoms with Gasteiger partial charge in [0.25, 0.3) is 5.91 Å². The van der Waals surface area contributed by atoms with Crippen LogP contribution in [0.15, 0.2) is 36.4 Å². The highest BCUT2D eigenvalue weighted by Crippen LogP contribution is 2.33. The number of ether oxygens (including phenoxy) is 1. The van der Waals surface area contributed by atoms with Crippen LogP contribution in [0.1, 0.15) is 31.8 Å². The fourth-order valence-electron chi connectivity index (χ4n) is 3.17. The monoisotopic (exact) mass is 447 g/mol. The molecule has 0 radical (unpaired) electrons. The van der Waals surface area contributed by atoms with Gasteiger partial charge in [-0.3, -0.25) is 9.69 Å². The van der Waals surface area contributed by atoms with Gasteiger partial charge >= 0.3 is 5.97 Å². The van der Waals surface area contributed by atoms with Crippen LogP contribution in [0.2, 0.25) is 0 Å². The number of fused-ring (bicyclic) bond motifs is 1. The molecule has 1 heterocycles. The zero-order valence-corrected chi connectivity index (χ0v) is 19.4. The third kappa shape index (κ3) is 4.98. The van der Waals surface area contributed by atoms with Crippen LogP contribution in [0.3, 0.4) is 0 Å². The van der Waals surface area contributed by atoms with Gasteiger partial charge in [0.1, 0.15) is 0 Å². The quantitative estimate of drug-likeness (QED) is 0.526. The molecule has 0 saturated heterocycles. The summed E-state index contributed by atoms with van der Waals surface area (Å²) >= 11 is 1.49. The highest BCUT2D eigenvalue weighted by atomic mass is 35.5.